The third-order valence-corrected chi connectivity index (χ3v) is 3.15. The van der Waals surface area contributed by atoms with E-state index >= 15 is 0 Å². The van der Waals surface area contributed by atoms with Crippen molar-refractivity contribution in [1.29, 1.82) is 0 Å². The molecule has 1 unspecified atom stereocenters. The molecule has 15 heavy (non-hydrogen) atoms. The first-order valence-electron chi connectivity index (χ1n) is 5.27. The van der Waals surface area contributed by atoms with Crippen LogP contribution in [-0.4, -0.2) is 24.0 Å². The molecule has 0 spiro atoms. The Balaban J connectivity index is 2.36. The van der Waals surface area contributed by atoms with Crippen molar-refractivity contribution >= 4 is 11.8 Å². The molecule has 0 heterocycles. The van der Waals surface area contributed by atoms with Crippen molar-refractivity contribution in [2.24, 2.45) is 0 Å². The molecule has 0 aliphatic carbocycles. The fourth-order valence-electron chi connectivity index (χ4n) is 1.25. The van der Waals surface area contributed by atoms with Gasteiger partial charge in [0.05, 0.1) is 6.10 Å². The fourth-order valence-corrected chi connectivity index (χ4v) is 2.28. The maximum absolute atomic E-state index is 9.12. The first kappa shape index (κ1) is 12.6. The number of rotatable bonds is 6. The molecule has 0 amide bonds. The Morgan fingerprint density at radius 3 is 2.53 bits per heavy atom. The molecule has 0 saturated heterocycles. The Bertz CT molecular complexity index is 271. The third kappa shape index (κ3) is 5.21. The summed E-state index contributed by atoms with van der Waals surface area (Å²) >= 11 is 1.80. The molecule has 2 nitrogen and oxygen atoms in total. The molecule has 2 N–H and O–H groups in total. The van der Waals surface area contributed by atoms with E-state index in [1.807, 2.05) is 14.0 Å². The van der Waals surface area contributed by atoms with Crippen LogP contribution in [0.4, 0.5) is 0 Å². The lowest BCUT2D eigenvalue weighted by molar-refractivity contribution is 0.192. The summed E-state index contributed by atoms with van der Waals surface area (Å²) in [6.07, 6.45) is 0.657. The average Bonchev–Trinajstić information content (AvgIpc) is 2.20. The summed E-state index contributed by atoms with van der Waals surface area (Å²) in [6, 6.07) is 8.56. The summed E-state index contributed by atoms with van der Waals surface area (Å²) in [6.45, 7) is 2.75. The van der Waals surface area contributed by atoms with E-state index in [-0.39, 0.29) is 6.10 Å². The van der Waals surface area contributed by atoms with Gasteiger partial charge in [-0.25, -0.2) is 0 Å². The van der Waals surface area contributed by atoms with Gasteiger partial charge in [0.1, 0.15) is 0 Å². The van der Waals surface area contributed by atoms with Crippen LogP contribution in [0.5, 0.6) is 0 Å². The van der Waals surface area contributed by atoms with Crippen molar-refractivity contribution in [3.8, 4) is 0 Å². The van der Waals surface area contributed by atoms with Crippen LogP contribution in [-0.2, 0) is 6.54 Å². The minimum absolute atomic E-state index is 0.193. The smallest absolute Gasteiger partial charge is 0.0520 e. The van der Waals surface area contributed by atoms with Crippen LogP contribution in [0.25, 0.3) is 0 Å². The Morgan fingerprint density at radius 2 is 2.00 bits per heavy atom. The Morgan fingerprint density at radius 1 is 1.33 bits per heavy atom. The van der Waals surface area contributed by atoms with Gasteiger partial charge in [-0.2, -0.15) is 0 Å². The molecular formula is C12H19NOS. The van der Waals surface area contributed by atoms with Gasteiger partial charge < -0.3 is 10.4 Å². The first-order valence-corrected chi connectivity index (χ1v) is 6.25. The highest BCUT2D eigenvalue weighted by molar-refractivity contribution is 7.99. The van der Waals surface area contributed by atoms with E-state index in [9.17, 15) is 0 Å². The maximum Gasteiger partial charge on any atom is 0.0520 e. The Labute approximate surface area is 96.1 Å². The Hall–Kier alpha value is -0.510. The van der Waals surface area contributed by atoms with Gasteiger partial charge in [0, 0.05) is 17.2 Å². The summed E-state index contributed by atoms with van der Waals surface area (Å²) in [4.78, 5) is 1.27. The summed E-state index contributed by atoms with van der Waals surface area (Å²) in [5.74, 6) is 0.975. The zero-order valence-electron chi connectivity index (χ0n) is 9.36. The number of thioether (sulfide) groups is 1. The largest absolute Gasteiger partial charge is 0.393 e. The van der Waals surface area contributed by atoms with E-state index in [4.69, 9.17) is 5.11 Å². The second-order valence-electron chi connectivity index (χ2n) is 3.66. The van der Waals surface area contributed by atoms with Crippen molar-refractivity contribution < 1.29 is 5.11 Å². The molecule has 0 fully saturated rings. The van der Waals surface area contributed by atoms with Gasteiger partial charge in [0.15, 0.2) is 0 Å². The normalized spacial score (nSPS) is 12.7. The number of nitrogens with one attached hydrogen (secondary N) is 1. The number of hydrogen-bond acceptors (Lipinski definition) is 3. The number of aliphatic hydroxyl groups is 1. The quantitative estimate of drug-likeness (QED) is 0.728. The van der Waals surface area contributed by atoms with Crippen LogP contribution in [0.15, 0.2) is 29.2 Å². The van der Waals surface area contributed by atoms with Crippen LogP contribution in [0.1, 0.15) is 18.9 Å². The lowest BCUT2D eigenvalue weighted by Gasteiger charge is -2.05. The zero-order chi connectivity index (χ0) is 11.1. The summed E-state index contributed by atoms with van der Waals surface area (Å²) < 4.78 is 0. The van der Waals surface area contributed by atoms with E-state index in [2.05, 4.69) is 29.6 Å². The van der Waals surface area contributed by atoms with E-state index in [0.29, 0.717) is 0 Å². The standard InChI is InChI=1S/C12H19NOS/c1-10(14)7-8-15-12-5-3-11(4-6-12)9-13-2/h3-6,10,13-14H,7-9H2,1-2H3. The molecule has 0 bridgehead atoms. The number of aliphatic hydroxyl groups excluding tert-OH is 1. The average molecular weight is 225 g/mol. The van der Waals surface area contributed by atoms with Gasteiger partial charge >= 0.3 is 0 Å². The highest BCUT2D eigenvalue weighted by Gasteiger charge is 1.98. The van der Waals surface area contributed by atoms with Crippen LogP contribution in [0, 0.1) is 0 Å². The molecular weight excluding hydrogens is 206 g/mol. The molecule has 0 aliphatic heterocycles. The van der Waals surface area contributed by atoms with E-state index in [0.717, 1.165) is 18.7 Å². The van der Waals surface area contributed by atoms with Crippen LogP contribution in [0.2, 0.25) is 0 Å². The Kier molecular flexibility index (Phi) is 5.76. The highest BCUT2D eigenvalue weighted by atomic mass is 32.2. The van der Waals surface area contributed by atoms with Crippen LogP contribution < -0.4 is 5.32 Å². The van der Waals surface area contributed by atoms with E-state index < -0.39 is 0 Å². The molecule has 1 atom stereocenters. The molecule has 1 rings (SSSR count). The molecule has 1 aromatic carbocycles. The van der Waals surface area contributed by atoms with Crippen LogP contribution in [0.3, 0.4) is 0 Å². The zero-order valence-corrected chi connectivity index (χ0v) is 10.2. The van der Waals surface area contributed by atoms with Gasteiger partial charge in [0.25, 0.3) is 0 Å². The summed E-state index contributed by atoms with van der Waals surface area (Å²) in [5, 5.41) is 12.2. The van der Waals surface area contributed by atoms with Crippen molar-refractivity contribution in [2.75, 3.05) is 12.8 Å². The molecule has 0 radical (unpaired) electrons. The van der Waals surface area contributed by atoms with E-state index in [1.54, 1.807) is 11.8 Å². The van der Waals surface area contributed by atoms with Gasteiger partial charge in [-0.15, -0.1) is 11.8 Å². The molecule has 84 valence electrons. The van der Waals surface area contributed by atoms with Crippen molar-refractivity contribution in [2.45, 2.75) is 30.9 Å². The predicted molar refractivity (Wildman–Crippen MR) is 66.2 cm³/mol. The van der Waals surface area contributed by atoms with Crippen LogP contribution >= 0.6 is 11.8 Å². The number of benzene rings is 1. The van der Waals surface area contributed by atoms with Gasteiger partial charge in [-0.05, 0) is 38.1 Å². The van der Waals surface area contributed by atoms with Crippen molar-refractivity contribution in [1.82, 2.24) is 5.32 Å². The molecule has 1 aromatic rings. The molecule has 0 aliphatic rings. The van der Waals surface area contributed by atoms with Crippen molar-refractivity contribution in [3.63, 3.8) is 0 Å². The van der Waals surface area contributed by atoms with E-state index in [1.165, 1.54) is 10.5 Å². The first-order chi connectivity index (χ1) is 7.22. The topological polar surface area (TPSA) is 32.3 Å². The SMILES string of the molecule is CNCc1ccc(SCCC(C)O)cc1. The van der Waals surface area contributed by atoms with Gasteiger partial charge in [0.2, 0.25) is 0 Å². The highest BCUT2D eigenvalue weighted by Crippen LogP contribution is 2.19. The maximum atomic E-state index is 9.12. The minimum atomic E-state index is -0.193. The summed E-state index contributed by atoms with van der Waals surface area (Å²) in [7, 11) is 1.95. The summed E-state index contributed by atoms with van der Waals surface area (Å²) in [5.41, 5.74) is 1.30. The molecule has 0 saturated carbocycles. The molecule has 0 aromatic heterocycles. The fraction of sp³-hybridized carbons (Fsp3) is 0.500. The lowest BCUT2D eigenvalue weighted by atomic mass is 10.2. The minimum Gasteiger partial charge on any atom is -0.393 e. The predicted octanol–water partition coefficient (Wildman–Crippen LogP) is 2.27. The second kappa shape index (κ2) is 6.88. The lowest BCUT2D eigenvalue weighted by Crippen LogP contribution is -2.04. The van der Waals surface area contributed by atoms with Gasteiger partial charge in [-0.1, -0.05) is 12.1 Å². The third-order valence-electron chi connectivity index (χ3n) is 2.11. The van der Waals surface area contributed by atoms with Crippen molar-refractivity contribution in [3.05, 3.63) is 29.8 Å². The molecule has 3 heteroatoms. The second-order valence-corrected chi connectivity index (χ2v) is 4.83. The monoisotopic (exact) mass is 225 g/mol. The van der Waals surface area contributed by atoms with Gasteiger partial charge in [-0.3, -0.25) is 0 Å². The number of hydrogen-bond donors (Lipinski definition) is 2.